The number of carbonyl (C=O) groups is 1. The third-order valence-electron chi connectivity index (χ3n) is 2.13. The minimum absolute atomic E-state index is 0.111. The summed E-state index contributed by atoms with van der Waals surface area (Å²) in [6.07, 6.45) is -0.222. The molecule has 0 unspecified atom stereocenters. The molecule has 70 valence electrons. The average molecular weight is 177 g/mol. The van der Waals surface area contributed by atoms with Crippen molar-refractivity contribution in [1.29, 1.82) is 0 Å². The van der Waals surface area contributed by atoms with Crippen LogP contribution in [0.15, 0.2) is 0 Å². The van der Waals surface area contributed by atoms with E-state index < -0.39 is 11.3 Å². The summed E-state index contributed by atoms with van der Waals surface area (Å²) in [5.74, 6) is -2.67. The summed E-state index contributed by atoms with van der Waals surface area (Å²) in [4.78, 5) is 10.5. The van der Waals surface area contributed by atoms with E-state index in [1.54, 1.807) is 6.92 Å². The monoisotopic (exact) mass is 177 g/mol. The van der Waals surface area contributed by atoms with Crippen molar-refractivity contribution in [3.05, 3.63) is 0 Å². The van der Waals surface area contributed by atoms with Crippen LogP contribution in [0, 0.1) is 5.41 Å². The number of alkyl halides is 2. The Morgan fingerprint density at radius 2 is 2.00 bits per heavy atom. The second kappa shape index (κ2) is 2.68. The molecule has 0 heterocycles. The molecule has 1 saturated carbocycles. The first kappa shape index (κ1) is 9.42. The van der Waals surface area contributed by atoms with Crippen LogP contribution in [0.5, 0.6) is 0 Å². The zero-order valence-electron chi connectivity index (χ0n) is 7.29. The van der Waals surface area contributed by atoms with Crippen molar-refractivity contribution in [2.45, 2.75) is 32.6 Å². The van der Waals surface area contributed by atoms with Gasteiger partial charge in [0.05, 0.1) is 0 Å². The molecule has 0 spiro atoms. The van der Waals surface area contributed by atoms with Gasteiger partial charge in [0.2, 0.25) is 11.8 Å². The van der Waals surface area contributed by atoms with E-state index in [-0.39, 0.29) is 18.7 Å². The molecule has 0 aliphatic heterocycles. The van der Waals surface area contributed by atoms with Gasteiger partial charge in [0.25, 0.3) is 0 Å². The van der Waals surface area contributed by atoms with Crippen LogP contribution in [0.2, 0.25) is 0 Å². The summed E-state index contributed by atoms with van der Waals surface area (Å²) in [6.45, 7) is 3.51. The topological polar surface area (TPSA) is 29.1 Å². The second-order valence-electron chi connectivity index (χ2n) is 3.93. The highest BCUT2D eigenvalue weighted by Gasteiger charge is 2.53. The van der Waals surface area contributed by atoms with Gasteiger partial charge in [-0.05, 0) is 5.41 Å². The van der Waals surface area contributed by atoms with E-state index in [0.29, 0.717) is 6.54 Å². The average Bonchev–Trinajstić information content (AvgIpc) is 1.79. The van der Waals surface area contributed by atoms with Crippen LogP contribution in [0.25, 0.3) is 0 Å². The van der Waals surface area contributed by atoms with Gasteiger partial charge in [-0.1, -0.05) is 6.92 Å². The zero-order valence-corrected chi connectivity index (χ0v) is 7.29. The Morgan fingerprint density at radius 1 is 1.50 bits per heavy atom. The molecule has 0 aromatic heterocycles. The summed E-state index contributed by atoms with van der Waals surface area (Å²) in [7, 11) is 0. The Labute approximate surface area is 70.3 Å². The van der Waals surface area contributed by atoms with Crippen molar-refractivity contribution < 1.29 is 13.6 Å². The fourth-order valence-electron chi connectivity index (χ4n) is 1.66. The Kier molecular flexibility index (Phi) is 2.10. The van der Waals surface area contributed by atoms with Crippen LogP contribution in [-0.4, -0.2) is 18.4 Å². The molecule has 1 aliphatic carbocycles. The summed E-state index contributed by atoms with van der Waals surface area (Å²) < 4.78 is 24.9. The number of amides is 1. The fourth-order valence-corrected chi connectivity index (χ4v) is 1.66. The zero-order chi connectivity index (χ0) is 9.41. The van der Waals surface area contributed by atoms with Gasteiger partial charge in [-0.2, -0.15) is 0 Å². The van der Waals surface area contributed by atoms with Gasteiger partial charge in [-0.25, -0.2) is 8.78 Å². The van der Waals surface area contributed by atoms with E-state index >= 15 is 0 Å². The maximum Gasteiger partial charge on any atom is 0.249 e. The maximum atomic E-state index is 12.4. The first-order valence-corrected chi connectivity index (χ1v) is 3.95. The van der Waals surface area contributed by atoms with Gasteiger partial charge < -0.3 is 5.32 Å². The third kappa shape index (κ3) is 2.16. The number of hydrogen-bond acceptors (Lipinski definition) is 1. The molecular weight excluding hydrogens is 164 g/mol. The number of halogens is 2. The van der Waals surface area contributed by atoms with Crippen molar-refractivity contribution in [2.24, 2.45) is 5.41 Å². The minimum Gasteiger partial charge on any atom is -0.356 e. The lowest BCUT2D eigenvalue weighted by molar-refractivity contribution is -0.154. The lowest BCUT2D eigenvalue weighted by Crippen LogP contribution is -2.50. The summed E-state index contributed by atoms with van der Waals surface area (Å²) in [6, 6.07) is 0. The van der Waals surface area contributed by atoms with Gasteiger partial charge in [-0.3, -0.25) is 4.79 Å². The molecule has 4 heteroatoms. The van der Waals surface area contributed by atoms with Gasteiger partial charge in [0.1, 0.15) is 0 Å². The maximum absolute atomic E-state index is 12.4. The molecule has 1 fully saturated rings. The van der Waals surface area contributed by atoms with Crippen molar-refractivity contribution in [3.8, 4) is 0 Å². The summed E-state index contributed by atoms with van der Waals surface area (Å²) in [5, 5.41) is 2.55. The second-order valence-corrected chi connectivity index (χ2v) is 3.93. The van der Waals surface area contributed by atoms with Crippen LogP contribution in [0.4, 0.5) is 8.78 Å². The normalized spacial score (nSPS) is 24.3. The van der Waals surface area contributed by atoms with Crippen molar-refractivity contribution >= 4 is 5.91 Å². The highest BCUT2D eigenvalue weighted by molar-refractivity contribution is 5.72. The molecule has 0 saturated heterocycles. The molecule has 0 radical (unpaired) electrons. The SMILES string of the molecule is CC(=O)NCC1(C)CC(F)(F)C1. The van der Waals surface area contributed by atoms with Gasteiger partial charge in [0.15, 0.2) is 0 Å². The molecule has 2 nitrogen and oxygen atoms in total. The molecule has 1 aliphatic rings. The first-order chi connectivity index (χ1) is 5.33. The van der Waals surface area contributed by atoms with Crippen molar-refractivity contribution in [2.75, 3.05) is 6.54 Å². The molecular formula is C8H13F2NO. The molecule has 1 amide bonds. The Hall–Kier alpha value is -0.670. The van der Waals surface area contributed by atoms with Crippen molar-refractivity contribution in [3.63, 3.8) is 0 Å². The largest absolute Gasteiger partial charge is 0.356 e. The smallest absolute Gasteiger partial charge is 0.249 e. The summed E-state index contributed by atoms with van der Waals surface area (Å²) >= 11 is 0. The Morgan fingerprint density at radius 3 is 2.33 bits per heavy atom. The highest BCUT2D eigenvalue weighted by Crippen LogP contribution is 2.51. The summed E-state index contributed by atoms with van der Waals surface area (Å²) in [5.41, 5.74) is -0.394. The lowest BCUT2D eigenvalue weighted by Gasteiger charge is -2.44. The quantitative estimate of drug-likeness (QED) is 0.681. The predicted octanol–water partition coefficient (Wildman–Crippen LogP) is 1.56. The highest BCUT2D eigenvalue weighted by atomic mass is 19.3. The van der Waals surface area contributed by atoms with Crippen molar-refractivity contribution in [1.82, 2.24) is 5.32 Å². The molecule has 0 aromatic carbocycles. The number of carbonyl (C=O) groups excluding carboxylic acids is 1. The van der Waals surface area contributed by atoms with Gasteiger partial charge >= 0.3 is 0 Å². The number of hydrogen-bond donors (Lipinski definition) is 1. The van der Waals surface area contributed by atoms with Crippen LogP contribution < -0.4 is 5.32 Å². The standard InChI is InChI=1S/C8H13F2NO/c1-6(12)11-5-7(2)3-8(9,10)4-7/h3-5H2,1-2H3,(H,11,12). The Balaban J connectivity index is 2.30. The first-order valence-electron chi connectivity index (χ1n) is 3.95. The van der Waals surface area contributed by atoms with Crippen LogP contribution in [-0.2, 0) is 4.79 Å². The molecule has 1 rings (SSSR count). The fraction of sp³-hybridized carbons (Fsp3) is 0.875. The predicted molar refractivity (Wildman–Crippen MR) is 41.0 cm³/mol. The van der Waals surface area contributed by atoms with E-state index in [4.69, 9.17) is 0 Å². The van der Waals surface area contributed by atoms with E-state index in [2.05, 4.69) is 5.32 Å². The van der Waals surface area contributed by atoms with Gasteiger partial charge in [0, 0.05) is 26.3 Å². The lowest BCUT2D eigenvalue weighted by atomic mass is 9.67. The van der Waals surface area contributed by atoms with E-state index in [1.807, 2.05) is 0 Å². The molecule has 0 bridgehead atoms. The Bertz CT molecular complexity index is 195. The van der Waals surface area contributed by atoms with Gasteiger partial charge in [-0.15, -0.1) is 0 Å². The molecule has 0 atom stereocenters. The number of nitrogens with one attached hydrogen (secondary N) is 1. The van der Waals surface area contributed by atoms with Crippen LogP contribution in [0.3, 0.4) is 0 Å². The third-order valence-corrected chi connectivity index (χ3v) is 2.13. The van der Waals surface area contributed by atoms with E-state index in [1.165, 1.54) is 6.92 Å². The minimum atomic E-state index is -2.51. The van der Waals surface area contributed by atoms with E-state index in [0.717, 1.165) is 0 Å². The van der Waals surface area contributed by atoms with Crippen LogP contribution in [0.1, 0.15) is 26.7 Å². The molecule has 1 N–H and O–H groups in total. The van der Waals surface area contributed by atoms with Crippen LogP contribution >= 0.6 is 0 Å². The molecule has 12 heavy (non-hydrogen) atoms. The number of rotatable bonds is 2. The van der Waals surface area contributed by atoms with E-state index in [9.17, 15) is 13.6 Å². The molecule has 0 aromatic rings.